The van der Waals surface area contributed by atoms with Gasteiger partial charge in [-0.05, 0) is 26.0 Å². The van der Waals surface area contributed by atoms with Gasteiger partial charge in [0.15, 0.2) is 11.6 Å². The van der Waals surface area contributed by atoms with Crippen LogP contribution in [0.3, 0.4) is 0 Å². The van der Waals surface area contributed by atoms with Gasteiger partial charge in [0, 0.05) is 13.1 Å². The van der Waals surface area contributed by atoms with Crippen molar-refractivity contribution >= 4 is 11.5 Å². The van der Waals surface area contributed by atoms with Gasteiger partial charge >= 0.3 is 5.69 Å². The Hall–Kier alpha value is -2.59. The summed E-state index contributed by atoms with van der Waals surface area (Å²) in [4.78, 5) is 12.2. The SMILES string of the molecule is Cc1nn(-c2ccc(N(CCO)CCO)nn2)c(C)c1[N+](=O)[O-]. The molecule has 0 fully saturated rings. The minimum atomic E-state index is -0.472. The number of aryl methyl sites for hydroxylation is 1. The Morgan fingerprint density at radius 3 is 2.30 bits per heavy atom. The molecule has 0 spiro atoms. The molecule has 2 rings (SSSR count). The zero-order chi connectivity index (χ0) is 17.0. The van der Waals surface area contributed by atoms with E-state index >= 15 is 0 Å². The van der Waals surface area contributed by atoms with Gasteiger partial charge in [0.05, 0.1) is 18.1 Å². The van der Waals surface area contributed by atoms with Crippen molar-refractivity contribution < 1.29 is 15.1 Å². The first-order chi connectivity index (χ1) is 11.0. The fraction of sp³-hybridized carbons (Fsp3) is 0.462. The van der Waals surface area contributed by atoms with Crippen LogP contribution >= 0.6 is 0 Å². The Morgan fingerprint density at radius 1 is 1.22 bits per heavy atom. The molecule has 0 radical (unpaired) electrons. The summed E-state index contributed by atoms with van der Waals surface area (Å²) in [5.74, 6) is 0.850. The zero-order valence-corrected chi connectivity index (χ0v) is 12.9. The number of hydrogen-bond acceptors (Lipinski definition) is 8. The molecule has 0 aromatic carbocycles. The molecule has 2 aromatic rings. The van der Waals surface area contributed by atoms with Gasteiger partial charge in [0.1, 0.15) is 11.4 Å². The van der Waals surface area contributed by atoms with Gasteiger partial charge in [-0.15, -0.1) is 10.2 Å². The van der Waals surface area contributed by atoms with Crippen molar-refractivity contribution in [2.24, 2.45) is 0 Å². The lowest BCUT2D eigenvalue weighted by molar-refractivity contribution is -0.386. The van der Waals surface area contributed by atoms with Crippen LogP contribution in [0.1, 0.15) is 11.4 Å². The Labute approximate surface area is 132 Å². The topological polar surface area (TPSA) is 130 Å². The van der Waals surface area contributed by atoms with E-state index in [1.165, 1.54) is 4.68 Å². The van der Waals surface area contributed by atoms with Crippen LogP contribution in [0.15, 0.2) is 12.1 Å². The van der Waals surface area contributed by atoms with Crippen molar-refractivity contribution in [2.75, 3.05) is 31.2 Å². The van der Waals surface area contributed by atoms with E-state index in [0.29, 0.717) is 36.1 Å². The van der Waals surface area contributed by atoms with Crippen LogP contribution in [0, 0.1) is 24.0 Å². The van der Waals surface area contributed by atoms with Crippen LogP contribution in [0.4, 0.5) is 11.5 Å². The first kappa shape index (κ1) is 16.8. The fourth-order valence-electron chi connectivity index (χ4n) is 2.30. The monoisotopic (exact) mass is 322 g/mol. The quantitative estimate of drug-likeness (QED) is 0.537. The van der Waals surface area contributed by atoms with E-state index in [0.717, 1.165) is 0 Å². The summed E-state index contributed by atoms with van der Waals surface area (Å²) in [6.45, 7) is 3.64. The average Bonchev–Trinajstić information content (AvgIpc) is 2.82. The lowest BCUT2D eigenvalue weighted by atomic mass is 10.3. The van der Waals surface area contributed by atoms with Crippen LogP contribution in [0.2, 0.25) is 0 Å². The van der Waals surface area contributed by atoms with Crippen LogP contribution in [-0.2, 0) is 0 Å². The lowest BCUT2D eigenvalue weighted by Gasteiger charge is -2.20. The highest BCUT2D eigenvalue weighted by Gasteiger charge is 2.23. The zero-order valence-electron chi connectivity index (χ0n) is 12.9. The Bertz CT molecular complexity index is 679. The van der Waals surface area contributed by atoms with Crippen LogP contribution in [0.25, 0.3) is 5.82 Å². The molecule has 0 aliphatic heterocycles. The van der Waals surface area contributed by atoms with Gasteiger partial charge in [-0.25, -0.2) is 4.68 Å². The van der Waals surface area contributed by atoms with Crippen molar-refractivity contribution in [2.45, 2.75) is 13.8 Å². The number of nitrogens with zero attached hydrogens (tertiary/aromatic N) is 6. The van der Waals surface area contributed by atoms with Gasteiger partial charge in [0.2, 0.25) is 0 Å². The predicted octanol–water partition coefficient (Wildman–Crippen LogP) is -0.0217. The third-order valence-electron chi connectivity index (χ3n) is 3.35. The first-order valence-electron chi connectivity index (χ1n) is 7.01. The van der Waals surface area contributed by atoms with E-state index in [1.807, 2.05) is 0 Å². The maximum atomic E-state index is 11.0. The molecule has 10 nitrogen and oxygen atoms in total. The van der Waals surface area contributed by atoms with Crippen molar-refractivity contribution in [3.63, 3.8) is 0 Å². The molecule has 0 amide bonds. The Balaban J connectivity index is 2.33. The van der Waals surface area contributed by atoms with Crippen molar-refractivity contribution in [3.8, 4) is 5.82 Å². The molecule has 0 unspecified atom stereocenters. The van der Waals surface area contributed by atoms with Gasteiger partial charge in [-0.1, -0.05) is 0 Å². The van der Waals surface area contributed by atoms with Crippen molar-refractivity contribution in [3.05, 3.63) is 33.6 Å². The summed E-state index contributed by atoms with van der Waals surface area (Å²) >= 11 is 0. The molecular weight excluding hydrogens is 304 g/mol. The van der Waals surface area contributed by atoms with Crippen LogP contribution in [-0.4, -0.2) is 61.4 Å². The second-order valence-electron chi connectivity index (χ2n) is 4.87. The van der Waals surface area contributed by atoms with E-state index in [4.69, 9.17) is 10.2 Å². The molecule has 0 aliphatic carbocycles. The summed E-state index contributed by atoms with van der Waals surface area (Å²) in [6, 6.07) is 3.29. The highest BCUT2D eigenvalue weighted by molar-refractivity contribution is 5.45. The maximum Gasteiger partial charge on any atom is 0.313 e. The van der Waals surface area contributed by atoms with Gasteiger partial charge in [0.25, 0.3) is 0 Å². The predicted molar refractivity (Wildman–Crippen MR) is 81.7 cm³/mol. The number of hydrogen-bond donors (Lipinski definition) is 2. The molecule has 124 valence electrons. The molecule has 2 heterocycles. The Morgan fingerprint density at radius 2 is 1.87 bits per heavy atom. The smallest absolute Gasteiger partial charge is 0.313 e. The standard InChI is InChI=1S/C13H18N6O4/c1-9-13(19(22)23)10(2)18(16-9)12-4-3-11(14-15-12)17(5-7-20)6-8-21/h3-4,20-21H,5-8H2,1-2H3. The van der Waals surface area contributed by atoms with Crippen molar-refractivity contribution in [1.29, 1.82) is 0 Å². The molecular formula is C13H18N6O4. The van der Waals surface area contributed by atoms with Crippen molar-refractivity contribution in [1.82, 2.24) is 20.0 Å². The van der Waals surface area contributed by atoms with Crippen LogP contribution in [0.5, 0.6) is 0 Å². The minimum Gasteiger partial charge on any atom is -0.395 e. The largest absolute Gasteiger partial charge is 0.395 e. The number of aliphatic hydroxyl groups is 2. The molecule has 2 N–H and O–H groups in total. The first-order valence-corrected chi connectivity index (χ1v) is 7.01. The van der Waals surface area contributed by atoms with E-state index in [1.54, 1.807) is 30.9 Å². The summed E-state index contributed by atoms with van der Waals surface area (Å²) in [6.07, 6.45) is 0. The second kappa shape index (κ2) is 7.11. The number of aliphatic hydroxyl groups excluding tert-OH is 2. The van der Waals surface area contributed by atoms with E-state index in [-0.39, 0.29) is 18.9 Å². The van der Waals surface area contributed by atoms with Gasteiger partial charge < -0.3 is 15.1 Å². The highest BCUT2D eigenvalue weighted by atomic mass is 16.6. The fourth-order valence-corrected chi connectivity index (χ4v) is 2.30. The van der Waals surface area contributed by atoms with E-state index in [9.17, 15) is 10.1 Å². The summed E-state index contributed by atoms with van der Waals surface area (Å²) in [5.41, 5.74) is 0.635. The number of nitro groups is 1. The highest BCUT2D eigenvalue weighted by Crippen LogP contribution is 2.24. The summed E-state index contributed by atoms with van der Waals surface area (Å²) in [5, 5.41) is 41.3. The number of aromatic nitrogens is 4. The molecule has 2 aromatic heterocycles. The number of rotatable bonds is 7. The lowest BCUT2D eigenvalue weighted by Crippen LogP contribution is -2.30. The summed E-state index contributed by atoms with van der Waals surface area (Å²) in [7, 11) is 0. The molecule has 23 heavy (non-hydrogen) atoms. The molecule has 0 aliphatic rings. The molecule has 0 saturated heterocycles. The maximum absolute atomic E-state index is 11.0. The number of anilines is 1. The van der Waals surface area contributed by atoms with E-state index < -0.39 is 4.92 Å². The van der Waals surface area contributed by atoms with Gasteiger partial charge in [-0.3, -0.25) is 10.1 Å². The molecule has 0 saturated carbocycles. The van der Waals surface area contributed by atoms with Gasteiger partial charge in [-0.2, -0.15) is 5.10 Å². The third-order valence-corrected chi connectivity index (χ3v) is 3.35. The summed E-state index contributed by atoms with van der Waals surface area (Å²) < 4.78 is 1.37. The Kier molecular flexibility index (Phi) is 5.19. The molecule has 0 bridgehead atoms. The molecule has 0 atom stereocenters. The van der Waals surface area contributed by atoms with E-state index in [2.05, 4.69) is 15.3 Å². The van der Waals surface area contributed by atoms with Crippen LogP contribution < -0.4 is 4.90 Å². The second-order valence-corrected chi connectivity index (χ2v) is 4.87. The average molecular weight is 322 g/mol. The third kappa shape index (κ3) is 3.43. The minimum absolute atomic E-state index is 0.0435. The molecule has 10 heteroatoms. The normalized spacial score (nSPS) is 10.8.